The van der Waals surface area contributed by atoms with E-state index in [0.717, 1.165) is 45.0 Å². The van der Waals surface area contributed by atoms with Gasteiger partial charge in [0, 0.05) is 37.8 Å². The molecule has 1 atom stereocenters. The molecule has 0 radical (unpaired) electrons. The first kappa shape index (κ1) is 14.6. The summed E-state index contributed by atoms with van der Waals surface area (Å²) < 4.78 is 5.68. The van der Waals surface area contributed by atoms with Gasteiger partial charge in [-0.05, 0) is 33.0 Å². The van der Waals surface area contributed by atoms with Crippen LogP contribution in [0.4, 0.5) is 0 Å². The maximum atomic E-state index is 5.68. The number of rotatable bonds is 6. The van der Waals surface area contributed by atoms with E-state index in [9.17, 15) is 0 Å². The molecular formula is C15H27N3O. The average Bonchev–Trinajstić information content (AvgIpc) is 2.81. The number of furan rings is 1. The molecule has 1 aromatic rings. The van der Waals surface area contributed by atoms with Crippen LogP contribution in [0.25, 0.3) is 0 Å². The van der Waals surface area contributed by atoms with Gasteiger partial charge in [0.15, 0.2) is 0 Å². The van der Waals surface area contributed by atoms with Gasteiger partial charge in [-0.2, -0.15) is 0 Å². The number of likely N-dealkylation sites (N-methyl/N-ethyl adjacent to an activating group) is 1. The van der Waals surface area contributed by atoms with Crippen molar-refractivity contribution in [3.63, 3.8) is 0 Å². The molecular weight excluding hydrogens is 238 g/mol. The molecule has 1 fully saturated rings. The van der Waals surface area contributed by atoms with Crippen LogP contribution in [-0.2, 0) is 13.1 Å². The summed E-state index contributed by atoms with van der Waals surface area (Å²) in [6, 6.07) is 2.69. The molecule has 2 heterocycles. The second-order valence-electron chi connectivity index (χ2n) is 5.63. The molecule has 0 aromatic carbocycles. The van der Waals surface area contributed by atoms with Crippen molar-refractivity contribution in [3.05, 3.63) is 23.7 Å². The van der Waals surface area contributed by atoms with Crippen molar-refractivity contribution in [1.29, 1.82) is 0 Å². The number of nitrogens with one attached hydrogen (secondary N) is 1. The van der Waals surface area contributed by atoms with Crippen LogP contribution < -0.4 is 5.32 Å². The standard InChI is InChI=1S/C15H27N3O/c1-4-6-16-10-14-5-9-19-15(14)12-18-8-7-17(3)11-13(18)2/h5,9,13,16H,4,6-8,10-12H2,1-3H3. The predicted molar refractivity (Wildman–Crippen MR) is 78.1 cm³/mol. The second kappa shape index (κ2) is 7.08. The van der Waals surface area contributed by atoms with Gasteiger partial charge in [0.2, 0.25) is 0 Å². The number of hydrogen-bond donors (Lipinski definition) is 1. The highest BCUT2D eigenvalue weighted by atomic mass is 16.3. The molecule has 1 N–H and O–H groups in total. The fraction of sp³-hybridized carbons (Fsp3) is 0.733. The SMILES string of the molecule is CCCNCc1ccoc1CN1CCN(C)CC1C. The first-order chi connectivity index (χ1) is 9.20. The van der Waals surface area contributed by atoms with Gasteiger partial charge in [0.05, 0.1) is 12.8 Å². The normalized spacial score (nSPS) is 21.9. The summed E-state index contributed by atoms with van der Waals surface area (Å²) in [6.45, 7) is 10.8. The van der Waals surface area contributed by atoms with Crippen molar-refractivity contribution in [1.82, 2.24) is 15.1 Å². The fourth-order valence-electron chi connectivity index (χ4n) is 2.66. The maximum absolute atomic E-state index is 5.68. The van der Waals surface area contributed by atoms with Crippen molar-refractivity contribution in [2.45, 2.75) is 39.4 Å². The Bertz CT molecular complexity index is 377. The van der Waals surface area contributed by atoms with Crippen LogP contribution in [0.5, 0.6) is 0 Å². The molecule has 4 nitrogen and oxygen atoms in total. The number of nitrogens with zero attached hydrogens (tertiary/aromatic N) is 2. The lowest BCUT2D eigenvalue weighted by atomic mass is 10.1. The van der Waals surface area contributed by atoms with E-state index in [-0.39, 0.29) is 0 Å². The van der Waals surface area contributed by atoms with Crippen LogP contribution in [0.1, 0.15) is 31.6 Å². The van der Waals surface area contributed by atoms with Gasteiger partial charge >= 0.3 is 0 Å². The molecule has 0 aliphatic carbocycles. The first-order valence-electron chi connectivity index (χ1n) is 7.39. The van der Waals surface area contributed by atoms with E-state index >= 15 is 0 Å². The third-order valence-corrected chi connectivity index (χ3v) is 3.89. The van der Waals surface area contributed by atoms with Crippen LogP contribution in [-0.4, -0.2) is 49.1 Å². The van der Waals surface area contributed by atoms with Crippen LogP contribution in [0, 0.1) is 0 Å². The molecule has 0 bridgehead atoms. The Labute approximate surface area is 116 Å². The van der Waals surface area contributed by atoms with E-state index in [4.69, 9.17) is 4.42 Å². The summed E-state index contributed by atoms with van der Waals surface area (Å²) in [5.74, 6) is 1.13. The van der Waals surface area contributed by atoms with E-state index in [1.807, 2.05) is 6.26 Å². The summed E-state index contributed by atoms with van der Waals surface area (Å²) in [5, 5.41) is 3.45. The lowest BCUT2D eigenvalue weighted by Crippen LogP contribution is -2.49. The molecule has 19 heavy (non-hydrogen) atoms. The van der Waals surface area contributed by atoms with Gasteiger partial charge in [0.25, 0.3) is 0 Å². The van der Waals surface area contributed by atoms with E-state index in [1.165, 1.54) is 12.0 Å². The Morgan fingerprint density at radius 3 is 3.00 bits per heavy atom. The summed E-state index contributed by atoms with van der Waals surface area (Å²) >= 11 is 0. The Balaban J connectivity index is 1.90. The van der Waals surface area contributed by atoms with Crippen molar-refractivity contribution in [2.75, 3.05) is 33.2 Å². The Hall–Kier alpha value is -0.840. The third kappa shape index (κ3) is 4.06. The zero-order valence-electron chi connectivity index (χ0n) is 12.5. The molecule has 4 heteroatoms. The second-order valence-corrected chi connectivity index (χ2v) is 5.63. The molecule has 0 spiro atoms. The van der Waals surface area contributed by atoms with E-state index in [2.05, 4.69) is 42.1 Å². The first-order valence-corrected chi connectivity index (χ1v) is 7.39. The Kier molecular flexibility index (Phi) is 5.43. The fourth-order valence-corrected chi connectivity index (χ4v) is 2.66. The Morgan fingerprint density at radius 1 is 1.42 bits per heavy atom. The smallest absolute Gasteiger partial charge is 0.122 e. The molecule has 1 aromatic heterocycles. The van der Waals surface area contributed by atoms with Crippen molar-refractivity contribution in [3.8, 4) is 0 Å². The van der Waals surface area contributed by atoms with E-state index < -0.39 is 0 Å². The monoisotopic (exact) mass is 265 g/mol. The lowest BCUT2D eigenvalue weighted by Gasteiger charge is -2.37. The van der Waals surface area contributed by atoms with Gasteiger partial charge in [0.1, 0.15) is 5.76 Å². The molecule has 1 aliphatic heterocycles. The van der Waals surface area contributed by atoms with Crippen LogP contribution in [0.15, 0.2) is 16.7 Å². The minimum Gasteiger partial charge on any atom is -0.468 e. The highest BCUT2D eigenvalue weighted by Gasteiger charge is 2.23. The largest absolute Gasteiger partial charge is 0.468 e. The molecule has 1 saturated heterocycles. The quantitative estimate of drug-likeness (QED) is 0.796. The summed E-state index contributed by atoms with van der Waals surface area (Å²) in [7, 11) is 2.20. The average molecular weight is 265 g/mol. The van der Waals surface area contributed by atoms with Crippen molar-refractivity contribution < 1.29 is 4.42 Å². The van der Waals surface area contributed by atoms with Crippen LogP contribution in [0.2, 0.25) is 0 Å². The molecule has 2 rings (SSSR count). The molecule has 0 saturated carbocycles. The van der Waals surface area contributed by atoms with Crippen LogP contribution >= 0.6 is 0 Å². The van der Waals surface area contributed by atoms with Gasteiger partial charge in [-0.15, -0.1) is 0 Å². The zero-order valence-corrected chi connectivity index (χ0v) is 12.5. The van der Waals surface area contributed by atoms with Crippen molar-refractivity contribution in [2.24, 2.45) is 0 Å². The third-order valence-electron chi connectivity index (χ3n) is 3.89. The van der Waals surface area contributed by atoms with E-state index in [1.54, 1.807) is 0 Å². The lowest BCUT2D eigenvalue weighted by molar-refractivity contribution is 0.0871. The molecule has 1 unspecified atom stereocenters. The van der Waals surface area contributed by atoms with Gasteiger partial charge in [-0.1, -0.05) is 6.92 Å². The summed E-state index contributed by atoms with van der Waals surface area (Å²) in [6.07, 6.45) is 2.99. The molecule has 108 valence electrons. The Morgan fingerprint density at radius 2 is 2.26 bits per heavy atom. The number of piperazine rings is 1. The number of hydrogen-bond acceptors (Lipinski definition) is 4. The molecule has 0 amide bonds. The minimum atomic E-state index is 0.598. The van der Waals surface area contributed by atoms with Crippen LogP contribution in [0.3, 0.4) is 0 Å². The van der Waals surface area contributed by atoms with Gasteiger partial charge in [-0.3, -0.25) is 4.90 Å². The highest BCUT2D eigenvalue weighted by Crippen LogP contribution is 2.17. The highest BCUT2D eigenvalue weighted by molar-refractivity contribution is 5.17. The summed E-state index contributed by atoms with van der Waals surface area (Å²) in [5.41, 5.74) is 1.31. The van der Waals surface area contributed by atoms with Crippen molar-refractivity contribution >= 4 is 0 Å². The van der Waals surface area contributed by atoms with Gasteiger partial charge in [-0.25, -0.2) is 0 Å². The topological polar surface area (TPSA) is 31.7 Å². The predicted octanol–water partition coefficient (Wildman–Crippen LogP) is 1.92. The summed E-state index contributed by atoms with van der Waals surface area (Å²) in [4.78, 5) is 4.91. The van der Waals surface area contributed by atoms with Gasteiger partial charge < -0.3 is 14.6 Å². The molecule has 1 aliphatic rings. The maximum Gasteiger partial charge on any atom is 0.122 e. The minimum absolute atomic E-state index is 0.598. The zero-order chi connectivity index (χ0) is 13.7. The van der Waals surface area contributed by atoms with E-state index in [0.29, 0.717) is 6.04 Å².